The Morgan fingerprint density at radius 2 is 1.86 bits per heavy atom. The Labute approximate surface area is 97.9 Å². The first kappa shape index (κ1) is 12.7. The highest BCUT2D eigenvalue weighted by Crippen LogP contribution is 2.41. The molecule has 1 rings (SSSR count). The summed E-state index contributed by atoms with van der Waals surface area (Å²) in [5, 5.41) is 0.352. The first-order valence-electron chi connectivity index (χ1n) is 5.52. The molecule has 0 aliphatic heterocycles. The zero-order valence-corrected chi connectivity index (χ0v) is 12.6. The van der Waals surface area contributed by atoms with Crippen LogP contribution in [0.25, 0.3) is 0 Å². The van der Waals surface area contributed by atoms with Gasteiger partial charge in [-0.15, -0.1) is 0 Å². The zero-order valence-electron chi connectivity index (χ0n) is 10.1. The molecule has 0 bridgehead atoms. The Balaban J connectivity index is 2.22. The second-order valence-electron chi connectivity index (χ2n) is 5.91. The first-order chi connectivity index (χ1) is 6.24. The minimum absolute atomic E-state index is 0.352. The molecular weight excluding hydrogens is 256 g/mol. The number of rotatable bonds is 4. The fourth-order valence-corrected chi connectivity index (χ4v) is 3.00. The van der Waals surface area contributed by atoms with E-state index in [1.54, 1.807) is 0 Å². The molecular formula is C11H23BrOSi. The van der Waals surface area contributed by atoms with Gasteiger partial charge < -0.3 is 4.43 Å². The maximum absolute atomic E-state index is 6.11. The minimum Gasteiger partial charge on any atom is -0.417 e. The van der Waals surface area contributed by atoms with Gasteiger partial charge in [-0.2, -0.15) is 0 Å². The van der Waals surface area contributed by atoms with Crippen molar-refractivity contribution in [2.24, 2.45) is 5.92 Å². The van der Waals surface area contributed by atoms with Crippen LogP contribution in [0.3, 0.4) is 0 Å². The molecule has 1 aliphatic carbocycles. The van der Waals surface area contributed by atoms with Crippen LogP contribution in [0.2, 0.25) is 18.1 Å². The van der Waals surface area contributed by atoms with Crippen LogP contribution >= 0.6 is 15.9 Å². The lowest BCUT2D eigenvalue weighted by atomic mass is 10.2. The molecule has 1 saturated carbocycles. The van der Waals surface area contributed by atoms with E-state index in [4.69, 9.17) is 4.43 Å². The summed E-state index contributed by atoms with van der Waals surface area (Å²) < 4.78 is 6.11. The van der Waals surface area contributed by atoms with Gasteiger partial charge in [-0.05, 0) is 36.9 Å². The maximum atomic E-state index is 6.11. The lowest BCUT2D eigenvalue weighted by molar-refractivity contribution is 0.275. The van der Waals surface area contributed by atoms with Gasteiger partial charge in [0.2, 0.25) is 0 Å². The Bertz CT molecular complexity index is 198. The second-order valence-corrected chi connectivity index (χ2v) is 11.9. The van der Waals surface area contributed by atoms with Crippen molar-refractivity contribution in [3.63, 3.8) is 0 Å². The lowest BCUT2D eigenvalue weighted by Crippen LogP contribution is -2.41. The highest BCUT2D eigenvalue weighted by molar-refractivity contribution is 9.09. The normalized spacial score (nSPS) is 27.9. The molecule has 0 N–H and O–H groups in total. The molecule has 2 unspecified atom stereocenters. The topological polar surface area (TPSA) is 9.23 Å². The third kappa shape index (κ3) is 3.35. The molecule has 3 heteroatoms. The van der Waals surface area contributed by atoms with Crippen LogP contribution in [-0.2, 0) is 4.43 Å². The molecule has 0 aromatic carbocycles. The fraction of sp³-hybridized carbons (Fsp3) is 1.00. The molecule has 2 atom stereocenters. The molecule has 0 heterocycles. The Hall–Kier alpha value is 0.657. The Morgan fingerprint density at radius 1 is 1.36 bits per heavy atom. The van der Waals surface area contributed by atoms with Crippen molar-refractivity contribution in [2.45, 2.75) is 56.6 Å². The van der Waals surface area contributed by atoms with Crippen LogP contribution in [-0.4, -0.2) is 19.8 Å². The van der Waals surface area contributed by atoms with E-state index < -0.39 is 8.32 Å². The van der Waals surface area contributed by atoms with Crippen LogP contribution in [0.4, 0.5) is 0 Å². The summed E-state index contributed by atoms with van der Waals surface area (Å²) in [5.74, 6) is 0.889. The predicted molar refractivity (Wildman–Crippen MR) is 68.6 cm³/mol. The standard InChI is InChI=1S/C11H23BrOSi/c1-11(2,3)14(4,5)13-7-6-9-8-10(9)12/h9-10H,6-8H2,1-5H3. The predicted octanol–water partition coefficient (Wildman–Crippen LogP) is 4.18. The van der Waals surface area contributed by atoms with Crippen LogP contribution < -0.4 is 0 Å². The van der Waals surface area contributed by atoms with Crippen molar-refractivity contribution >= 4 is 24.2 Å². The van der Waals surface area contributed by atoms with Crippen molar-refractivity contribution in [1.82, 2.24) is 0 Å². The third-order valence-corrected chi connectivity index (χ3v) is 9.25. The SMILES string of the molecule is CC(C)(C)[Si](C)(C)OCCC1CC1Br. The molecule has 0 aromatic heterocycles. The average Bonchev–Trinajstić information content (AvgIpc) is 2.63. The maximum Gasteiger partial charge on any atom is 0.191 e. The van der Waals surface area contributed by atoms with Crippen molar-refractivity contribution in [2.75, 3.05) is 6.61 Å². The van der Waals surface area contributed by atoms with Gasteiger partial charge in [0.15, 0.2) is 8.32 Å². The number of hydrogen-bond acceptors (Lipinski definition) is 1. The first-order valence-corrected chi connectivity index (χ1v) is 9.34. The molecule has 0 spiro atoms. The summed E-state index contributed by atoms with van der Waals surface area (Å²) in [6.45, 7) is 12.5. The number of halogens is 1. The monoisotopic (exact) mass is 278 g/mol. The van der Waals surface area contributed by atoms with Gasteiger partial charge in [-0.1, -0.05) is 36.7 Å². The summed E-state index contributed by atoms with van der Waals surface area (Å²) in [7, 11) is -1.48. The van der Waals surface area contributed by atoms with E-state index in [1.165, 1.54) is 12.8 Å². The summed E-state index contributed by atoms with van der Waals surface area (Å²) >= 11 is 3.62. The molecule has 0 amide bonds. The molecule has 0 radical (unpaired) electrons. The largest absolute Gasteiger partial charge is 0.417 e. The molecule has 0 saturated heterocycles. The zero-order chi connectivity index (χ0) is 11.0. The minimum atomic E-state index is -1.48. The second kappa shape index (κ2) is 4.26. The average molecular weight is 279 g/mol. The van der Waals surface area contributed by atoms with Gasteiger partial charge in [0.25, 0.3) is 0 Å². The van der Waals surface area contributed by atoms with E-state index in [0.29, 0.717) is 5.04 Å². The molecule has 84 valence electrons. The van der Waals surface area contributed by atoms with Gasteiger partial charge in [-0.25, -0.2) is 0 Å². The van der Waals surface area contributed by atoms with Crippen LogP contribution in [0.1, 0.15) is 33.6 Å². The molecule has 0 aromatic rings. The smallest absolute Gasteiger partial charge is 0.191 e. The van der Waals surface area contributed by atoms with Gasteiger partial charge in [0.05, 0.1) is 0 Å². The summed E-state index contributed by atoms with van der Waals surface area (Å²) in [6, 6.07) is 0. The highest BCUT2D eigenvalue weighted by atomic mass is 79.9. The van der Waals surface area contributed by atoms with E-state index >= 15 is 0 Å². The van der Waals surface area contributed by atoms with Crippen molar-refractivity contribution in [1.29, 1.82) is 0 Å². The summed E-state index contributed by atoms with van der Waals surface area (Å²) in [6.07, 6.45) is 2.59. The van der Waals surface area contributed by atoms with E-state index in [-0.39, 0.29) is 0 Å². The van der Waals surface area contributed by atoms with Crippen LogP contribution in [0.15, 0.2) is 0 Å². The highest BCUT2D eigenvalue weighted by Gasteiger charge is 2.38. The van der Waals surface area contributed by atoms with E-state index in [1.807, 2.05) is 0 Å². The molecule has 14 heavy (non-hydrogen) atoms. The van der Waals surface area contributed by atoms with Gasteiger partial charge >= 0.3 is 0 Å². The van der Waals surface area contributed by atoms with E-state index in [0.717, 1.165) is 17.4 Å². The van der Waals surface area contributed by atoms with Crippen LogP contribution in [0, 0.1) is 5.92 Å². The van der Waals surface area contributed by atoms with Crippen molar-refractivity contribution < 1.29 is 4.43 Å². The van der Waals surface area contributed by atoms with Gasteiger partial charge in [0, 0.05) is 11.4 Å². The number of hydrogen-bond donors (Lipinski definition) is 0. The van der Waals surface area contributed by atoms with E-state index in [9.17, 15) is 0 Å². The lowest BCUT2D eigenvalue weighted by Gasteiger charge is -2.36. The van der Waals surface area contributed by atoms with E-state index in [2.05, 4.69) is 49.8 Å². The molecule has 1 nitrogen and oxygen atoms in total. The van der Waals surface area contributed by atoms with Gasteiger partial charge in [-0.3, -0.25) is 0 Å². The van der Waals surface area contributed by atoms with Crippen LogP contribution in [0.5, 0.6) is 0 Å². The molecule has 1 fully saturated rings. The third-order valence-electron chi connectivity index (χ3n) is 3.59. The summed E-state index contributed by atoms with van der Waals surface area (Å²) in [4.78, 5) is 0.783. The fourth-order valence-electron chi connectivity index (χ4n) is 1.19. The molecule has 1 aliphatic rings. The van der Waals surface area contributed by atoms with Gasteiger partial charge in [0.1, 0.15) is 0 Å². The Morgan fingerprint density at radius 3 is 2.21 bits per heavy atom. The quantitative estimate of drug-likeness (QED) is 0.554. The number of alkyl halides is 1. The van der Waals surface area contributed by atoms with Crippen molar-refractivity contribution in [3.05, 3.63) is 0 Å². The van der Waals surface area contributed by atoms with Crippen molar-refractivity contribution in [3.8, 4) is 0 Å². The summed E-state index contributed by atoms with van der Waals surface area (Å²) in [5.41, 5.74) is 0. The Kier molecular flexibility index (Phi) is 3.87.